The second-order valence-corrected chi connectivity index (χ2v) is 4.53. The maximum absolute atomic E-state index is 12.3. The summed E-state index contributed by atoms with van der Waals surface area (Å²) in [5.74, 6) is 1.61. The zero-order valence-electron chi connectivity index (χ0n) is 13.0. The fourth-order valence-corrected chi connectivity index (χ4v) is 2.16. The second kappa shape index (κ2) is 7.67. The molecule has 0 spiro atoms. The van der Waals surface area contributed by atoms with E-state index in [1.807, 2.05) is 39.6 Å². The van der Waals surface area contributed by atoms with E-state index in [0.29, 0.717) is 13.1 Å². The van der Waals surface area contributed by atoms with Crippen LogP contribution in [0.15, 0.2) is 6.33 Å². The summed E-state index contributed by atoms with van der Waals surface area (Å²) in [4.78, 5) is 22.5. The van der Waals surface area contributed by atoms with Crippen molar-refractivity contribution in [2.24, 2.45) is 0 Å². The monoisotopic (exact) mass is 279 g/mol. The van der Waals surface area contributed by atoms with Gasteiger partial charge >= 0.3 is 0 Å². The van der Waals surface area contributed by atoms with Gasteiger partial charge < -0.3 is 15.5 Å². The number of anilines is 2. The van der Waals surface area contributed by atoms with Crippen LogP contribution in [0.25, 0.3) is 0 Å². The van der Waals surface area contributed by atoms with Crippen LogP contribution in [0.5, 0.6) is 0 Å². The van der Waals surface area contributed by atoms with Crippen LogP contribution in [0, 0.1) is 0 Å². The van der Waals surface area contributed by atoms with E-state index in [9.17, 15) is 4.79 Å². The summed E-state index contributed by atoms with van der Waals surface area (Å²) in [7, 11) is 1.83. The van der Waals surface area contributed by atoms with Crippen molar-refractivity contribution in [3.8, 4) is 0 Å². The first-order chi connectivity index (χ1) is 9.58. The number of amides is 1. The van der Waals surface area contributed by atoms with Crippen LogP contribution in [0.4, 0.5) is 11.6 Å². The molecule has 6 heteroatoms. The summed E-state index contributed by atoms with van der Waals surface area (Å²) in [6.07, 6.45) is 2.30. The first-order valence-electron chi connectivity index (χ1n) is 7.15. The van der Waals surface area contributed by atoms with Gasteiger partial charge in [0.2, 0.25) is 5.91 Å². The SMILES string of the molecule is CCc1c(NC)ncnc1NC(C)C(=O)N(CC)CC. The van der Waals surface area contributed by atoms with Gasteiger partial charge in [-0.25, -0.2) is 9.97 Å². The Bertz CT molecular complexity index is 445. The molecule has 1 aromatic heterocycles. The molecule has 1 amide bonds. The molecule has 1 rings (SSSR count). The maximum Gasteiger partial charge on any atom is 0.244 e. The van der Waals surface area contributed by atoms with Crippen LogP contribution in [-0.4, -0.2) is 47.0 Å². The number of carbonyl (C=O) groups is 1. The summed E-state index contributed by atoms with van der Waals surface area (Å²) in [6.45, 7) is 9.30. The van der Waals surface area contributed by atoms with Crippen LogP contribution in [0.2, 0.25) is 0 Å². The Morgan fingerprint density at radius 2 is 1.85 bits per heavy atom. The minimum Gasteiger partial charge on any atom is -0.373 e. The lowest BCUT2D eigenvalue weighted by Gasteiger charge is -2.24. The van der Waals surface area contributed by atoms with Gasteiger partial charge in [0.05, 0.1) is 0 Å². The fraction of sp³-hybridized carbons (Fsp3) is 0.643. The highest BCUT2D eigenvalue weighted by Gasteiger charge is 2.20. The van der Waals surface area contributed by atoms with E-state index < -0.39 is 0 Å². The van der Waals surface area contributed by atoms with Gasteiger partial charge in [-0.1, -0.05) is 6.92 Å². The summed E-state index contributed by atoms with van der Waals surface area (Å²) in [5.41, 5.74) is 0.995. The highest BCUT2D eigenvalue weighted by atomic mass is 16.2. The third kappa shape index (κ3) is 3.59. The first kappa shape index (κ1) is 16.2. The van der Waals surface area contributed by atoms with Gasteiger partial charge in [0.25, 0.3) is 0 Å². The molecule has 1 heterocycles. The molecule has 0 saturated heterocycles. The molecule has 1 unspecified atom stereocenters. The molecule has 1 atom stereocenters. The standard InChI is InChI=1S/C14H25N5O/c1-6-11-12(15-5)16-9-17-13(11)18-10(4)14(20)19(7-2)8-3/h9-10H,6-8H2,1-5H3,(H2,15,16,17,18). The number of hydrogen-bond donors (Lipinski definition) is 2. The summed E-state index contributed by atoms with van der Waals surface area (Å²) in [5, 5.41) is 6.25. The zero-order valence-corrected chi connectivity index (χ0v) is 13.0. The molecule has 0 saturated carbocycles. The fourth-order valence-electron chi connectivity index (χ4n) is 2.16. The molecule has 0 fully saturated rings. The molecule has 6 nitrogen and oxygen atoms in total. The van der Waals surface area contributed by atoms with Gasteiger partial charge in [-0.05, 0) is 27.2 Å². The van der Waals surface area contributed by atoms with Gasteiger partial charge in [-0.15, -0.1) is 0 Å². The highest BCUT2D eigenvalue weighted by Crippen LogP contribution is 2.20. The first-order valence-corrected chi connectivity index (χ1v) is 7.15. The van der Waals surface area contributed by atoms with Gasteiger partial charge in [-0.2, -0.15) is 0 Å². The highest BCUT2D eigenvalue weighted by molar-refractivity contribution is 5.84. The Hall–Kier alpha value is -1.85. The van der Waals surface area contributed by atoms with Crippen molar-refractivity contribution >= 4 is 17.5 Å². The summed E-state index contributed by atoms with van der Waals surface area (Å²) < 4.78 is 0. The molecule has 0 radical (unpaired) electrons. The van der Waals surface area contributed by atoms with Crippen LogP contribution in [0.1, 0.15) is 33.3 Å². The van der Waals surface area contributed by atoms with Gasteiger partial charge in [-0.3, -0.25) is 4.79 Å². The van der Waals surface area contributed by atoms with E-state index in [2.05, 4.69) is 20.6 Å². The van der Waals surface area contributed by atoms with E-state index in [0.717, 1.165) is 23.6 Å². The number of aromatic nitrogens is 2. The molecule has 2 N–H and O–H groups in total. The van der Waals surface area contributed by atoms with Crippen molar-refractivity contribution in [1.29, 1.82) is 0 Å². The van der Waals surface area contributed by atoms with Crippen molar-refractivity contribution in [2.75, 3.05) is 30.8 Å². The molecule has 112 valence electrons. The Balaban J connectivity index is 2.90. The van der Waals surface area contributed by atoms with E-state index >= 15 is 0 Å². The molecule has 1 aromatic rings. The lowest BCUT2D eigenvalue weighted by molar-refractivity contribution is -0.131. The minimum atomic E-state index is -0.306. The molecule has 0 aromatic carbocycles. The molecular weight excluding hydrogens is 254 g/mol. The summed E-state index contributed by atoms with van der Waals surface area (Å²) >= 11 is 0. The topological polar surface area (TPSA) is 70.1 Å². The lowest BCUT2D eigenvalue weighted by Crippen LogP contribution is -2.41. The van der Waals surface area contributed by atoms with Crippen molar-refractivity contribution < 1.29 is 4.79 Å². The normalized spacial score (nSPS) is 11.8. The Morgan fingerprint density at radius 3 is 2.35 bits per heavy atom. The molecular formula is C14H25N5O. The minimum absolute atomic E-state index is 0.0849. The van der Waals surface area contributed by atoms with Gasteiger partial charge in [0.15, 0.2) is 0 Å². The van der Waals surface area contributed by atoms with E-state index in [1.165, 1.54) is 6.33 Å². The van der Waals surface area contributed by atoms with Crippen LogP contribution in [-0.2, 0) is 11.2 Å². The molecule has 0 bridgehead atoms. The Morgan fingerprint density at radius 1 is 1.25 bits per heavy atom. The molecule has 0 aliphatic carbocycles. The number of carbonyl (C=O) groups excluding carboxylic acids is 1. The number of likely N-dealkylation sites (N-methyl/N-ethyl adjacent to an activating group) is 1. The Kier molecular flexibility index (Phi) is 6.21. The number of rotatable bonds is 7. The largest absolute Gasteiger partial charge is 0.373 e. The zero-order chi connectivity index (χ0) is 15.1. The predicted molar refractivity (Wildman–Crippen MR) is 82.0 cm³/mol. The van der Waals surface area contributed by atoms with E-state index in [-0.39, 0.29) is 11.9 Å². The average Bonchev–Trinajstić information content (AvgIpc) is 2.47. The average molecular weight is 279 g/mol. The van der Waals surface area contributed by atoms with Gasteiger partial charge in [0.1, 0.15) is 24.0 Å². The maximum atomic E-state index is 12.3. The smallest absolute Gasteiger partial charge is 0.244 e. The van der Waals surface area contributed by atoms with E-state index in [4.69, 9.17) is 0 Å². The third-order valence-corrected chi connectivity index (χ3v) is 3.33. The quantitative estimate of drug-likeness (QED) is 0.795. The van der Waals surface area contributed by atoms with Crippen LogP contribution < -0.4 is 10.6 Å². The number of hydrogen-bond acceptors (Lipinski definition) is 5. The predicted octanol–water partition coefficient (Wildman–Crippen LogP) is 1.75. The van der Waals surface area contributed by atoms with Crippen molar-refractivity contribution in [2.45, 2.75) is 40.2 Å². The third-order valence-electron chi connectivity index (χ3n) is 3.33. The van der Waals surface area contributed by atoms with Crippen molar-refractivity contribution in [3.63, 3.8) is 0 Å². The molecule has 20 heavy (non-hydrogen) atoms. The lowest BCUT2D eigenvalue weighted by atomic mass is 10.2. The molecule has 0 aliphatic heterocycles. The van der Waals surface area contributed by atoms with Crippen molar-refractivity contribution in [1.82, 2.24) is 14.9 Å². The van der Waals surface area contributed by atoms with E-state index in [1.54, 1.807) is 0 Å². The number of nitrogens with zero attached hydrogens (tertiary/aromatic N) is 3. The second-order valence-electron chi connectivity index (χ2n) is 4.53. The number of nitrogens with one attached hydrogen (secondary N) is 2. The Labute approximate surface area is 121 Å². The van der Waals surface area contributed by atoms with Gasteiger partial charge in [0, 0.05) is 25.7 Å². The van der Waals surface area contributed by atoms with Crippen molar-refractivity contribution in [3.05, 3.63) is 11.9 Å². The summed E-state index contributed by atoms with van der Waals surface area (Å²) in [6, 6.07) is -0.306. The van der Waals surface area contributed by atoms with Crippen LogP contribution >= 0.6 is 0 Å². The molecule has 0 aliphatic rings. The van der Waals surface area contributed by atoms with Crippen LogP contribution in [0.3, 0.4) is 0 Å².